The zero-order valence-electron chi connectivity index (χ0n) is 12.0. The summed E-state index contributed by atoms with van der Waals surface area (Å²) in [7, 11) is 0. The van der Waals surface area contributed by atoms with Gasteiger partial charge < -0.3 is 10.0 Å². The molecule has 0 saturated carbocycles. The van der Waals surface area contributed by atoms with Gasteiger partial charge >= 0.3 is 0 Å². The number of benzene rings is 1. The van der Waals surface area contributed by atoms with Crippen molar-refractivity contribution in [2.75, 3.05) is 13.1 Å². The Morgan fingerprint density at radius 3 is 2.65 bits per heavy atom. The topological polar surface area (TPSA) is 69.2 Å². The molecule has 2 rings (SSSR count). The van der Waals surface area contributed by atoms with E-state index in [1.54, 1.807) is 18.3 Å². The van der Waals surface area contributed by atoms with E-state index in [0.29, 0.717) is 11.9 Å². The van der Waals surface area contributed by atoms with Gasteiger partial charge in [0.15, 0.2) is 0 Å². The molecule has 0 aliphatic heterocycles. The van der Waals surface area contributed by atoms with Gasteiger partial charge in [-0.3, -0.25) is 9.89 Å². The molecule has 20 heavy (non-hydrogen) atoms. The van der Waals surface area contributed by atoms with Gasteiger partial charge in [-0.15, -0.1) is 0 Å². The Labute approximate surface area is 118 Å². The lowest BCUT2D eigenvalue weighted by Crippen LogP contribution is -2.33. The van der Waals surface area contributed by atoms with Crippen molar-refractivity contribution in [3.05, 3.63) is 23.9 Å². The monoisotopic (exact) mass is 275 g/mol. The fraction of sp³-hybridized carbons (Fsp3) is 0.467. The average molecular weight is 275 g/mol. The van der Waals surface area contributed by atoms with Crippen molar-refractivity contribution in [1.82, 2.24) is 15.1 Å². The van der Waals surface area contributed by atoms with Crippen LogP contribution in [0.2, 0.25) is 0 Å². The fourth-order valence-corrected chi connectivity index (χ4v) is 2.41. The SMILES string of the molecule is CCCN(CCC)C(=O)Cc1ccc(O)c2[nH]ncc12. The zero-order valence-corrected chi connectivity index (χ0v) is 12.0. The highest BCUT2D eigenvalue weighted by Crippen LogP contribution is 2.25. The molecule has 108 valence electrons. The van der Waals surface area contributed by atoms with Crippen LogP contribution < -0.4 is 0 Å². The average Bonchev–Trinajstić information content (AvgIpc) is 2.92. The van der Waals surface area contributed by atoms with E-state index in [1.807, 2.05) is 4.90 Å². The van der Waals surface area contributed by atoms with E-state index in [2.05, 4.69) is 24.0 Å². The quantitative estimate of drug-likeness (QED) is 0.850. The number of rotatable bonds is 6. The molecule has 5 heteroatoms. The lowest BCUT2D eigenvalue weighted by molar-refractivity contribution is -0.130. The van der Waals surface area contributed by atoms with Crippen molar-refractivity contribution in [3.63, 3.8) is 0 Å². The Morgan fingerprint density at radius 1 is 1.30 bits per heavy atom. The number of phenols is 1. The highest BCUT2D eigenvalue weighted by Gasteiger charge is 2.15. The van der Waals surface area contributed by atoms with Gasteiger partial charge in [-0.25, -0.2) is 0 Å². The molecule has 0 saturated heterocycles. The number of phenolic OH excluding ortho intramolecular Hbond substituents is 1. The number of hydrogen-bond acceptors (Lipinski definition) is 3. The Hall–Kier alpha value is -2.04. The minimum Gasteiger partial charge on any atom is -0.506 e. The number of aromatic nitrogens is 2. The summed E-state index contributed by atoms with van der Waals surface area (Å²) in [5.74, 6) is 0.287. The lowest BCUT2D eigenvalue weighted by atomic mass is 10.1. The van der Waals surface area contributed by atoms with Crippen molar-refractivity contribution >= 4 is 16.8 Å². The Kier molecular flexibility index (Phi) is 4.61. The molecule has 1 aromatic carbocycles. The predicted molar refractivity (Wildman–Crippen MR) is 78.6 cm³/mol. The number of H-pyrrole nitrogens is 1. The molecule has 0 fully saturated rings. The van der Waals surface area contributed by atoms with Crippen LogP contribution in [0.4, 0.5) is 0 Å². The summed E-state index contributed by atoms with van der Waals surface area (Å²) in [6.07, 6.45) is 3.92. The van der Waals surface area contributed by atoms with Crippen molar-refractivity contribution in [3.8, 4) is 5.75 Å². The number of hydrogen-bond donors (Lipinski definition) is 2. The summed E-state index contributed by atoms with van der Waals surface area (Å²) in [6, 6.07) is 3.40. The highest BCUT2D eigenvalue weighted by molar-refractivity contribution is 5.91. The molecular weight excluding hydrogens is 254 g/mol. The third-order valence-corrected chi connectivity index (χ3v) is 3.37. The summed E-state index contributed by atoms with van der Waals surface area (Å²) < 4.78 is 0. The maximum Gasteiger partial charge on any atom is 0.227 e. The number of nitrogens with zero attached hydrogens (tertiary/aromatic N) is 2. The van der Waals surface area contributed by atoms with Gasteiger partial charge in [0.1, 0.15) is 11.3 Å². The van der Waals surface area contributed by atoms with Gasteiger partial charge in [0.05, 0.1) is 12.6 Å². The molecule has 0 atom stereocenters. The number of carbonyl (C=O) groups is 1. The molecule has 2 aromatic rings. The van der Waals surface area contributed by atoms with Gasteiger partial charge in [-0.2, -0.15) is 5.10 Å². The molecule has 0 aliphatic rings. The Bertz CT molecular complexity index is 586. The number of amides is 1. The van der Waals surface area contributed by atoms with Crippen LogP contribution in [-0.4, -0.2) is 39.2 Å². The van der Waals surface area contributed by atoms with E-state index in [4.69, 9.17) is 0 Å². The van der Waals surface area contributed by atoms with Crippen molar-refractivity contribution in [1.29, 1.82) is 0 Å². The third-order valence-electron chi connectivity index (χ3n) is 3.37. The molecule has 0 bridgehead atoms. The van der Waals surface area contributed by atoms with Crippen LogP contribution in [0.25, 0.3) is 10.9 Å². The van der Waals surface area contributed by atoms with E-state index in [-0.39, 0.29) is 11.7 Å². The molecule has 0 aliphatic carbocycles. The number of carbonyl (C=O) groups excluding carboxylic acids is 1. The van der Waals surface area contributed by atoms with Crippen LogP contribution in [0.15, 0.2) is 18.3 Å². The van der Waals surface area contributed by atoms with Crippen LogP contribution in [0.1, 0.15) is 32.3 Å². The first-order valence-electron chi connectivity index (χ1n) is 7.09. The summed E-state index contributed by atoms with van der Waals surface area (Å²) in [5, 5.41) is 17.2. The smallest absolute Gasteiger partial charge is 0.227 e. The minimum atomic E-state index is 0.127. The molecule has 1 heterocycles. The van der Waals surface area contributed by atoms with Crippen molar-refractivity contribution in [2.45, 2.75) is 33.1 Å². The summed E-state index contributed by atoms with van der Waals surface area (Å²) in [4.78, 5) is 14.3. The number of nitrogens with one attached hydrogen (secondary N) is 1. The standard InChI is InChI=1S/C15H21N3O2/c1-3-7-18(8-4-2)14(20)9-11-5-6-13(19)15-12(11)10-16-17-15/h5-6,10,19H,3-4,7-9H2,1-2H3,(H,16,17). The molecule has 5 nitrogen and oxygen atoms in total. The van der Waals surface area contributed by atoms with Crippen molar-refractivity contribution in [2.24, 2.45) is 0 Å². The van der Waals surface area contributed by atoms with Crippen LogP contribution in [-0.2, 0) is 11.2 Å². The number of aromatic hydroxyl groups is 1. The Morgan fingerprint density at radius 2 is 2.00 bits per heavy atom. The van der Waals surface area contributed by atoms with Crippen LogP contribution >= 0.6 is 0 Å². The summed E-state index contributed by atoms with van der Waals surface area (Å²) in [5.41, 5.74) is 1.49. The maximum atomic E-state index is 12.4. The van der Waals surface area contributed by atoms with Gasteiger partial charge in [-0.05, 0) is 24.5 Å². The second kappa shape index (κ2) is 6.41. The fourth-order valence-electron chi connectivity index (χ4n) is 2.41. The van der Waals surface area contributed by atoms with E-state index in [1.165, 1.54) is 0 Å². The van der Waals surface area contributed by atoms with Gasteiger partial charge in [-0.1, -0.05) is 19.9 Å². The number of aromatic amines is 1. The Balaban J connectivity index is 2.20. The van der Waals surface area contributed by atoms with E-state index in [0.717, 1.165) is 36.9 Å². The van der Waals surface area contributed by atoms with Gasteiger partial charge in [0.2, 0.25) is 5.91 Å². The molecule has 1 aromatic heterocycles. The lowest BCUT2D eigenvalue weighted by Gasteiger charge is -2.21. The maximum absolute atomic E-state index is 12.4. The first kappa shape index (κ1) is 14.4. The zero-order chi connectivity index (χ0) is 14.5. The molecular formula is C15H21N3O2. The first-order valence-corrected chi connectivity index (χ1v) is 7.09. The second-order valence-corrected chi connectivity index (χ2v) is 4.96. The van der Waals surface area contributed by atoms with Crippen LogP contribution in [0, 0.1) is 0 Å². The molecule has 1 amide bonds. The van der Waals surface area contributed by atoms with Crippen molar-refractivity contribution < 1.29 is 9.90 Å². The first-order chi connectivity index (χ1) is 9.67. The van der Waals surface area contributed by atoms with E-state index in [9.17, 15) is 9.90 Å². The van der Waals surface area contributed by atoms with E-state index >= 15 is 0 Å². The molecule has 0 radical (unpaired) electrons. The molecule has 0 unspecified atom stereocenters. The predicted octanol–water partition coefficient (Wildman–Crippen LogP) is 2.46. The summed E-state index contributed by atoms with van der Waals surface area (Å²) >= 11 is 0. The third kappa shape index (κ3) is 2.92. The van der Waals surface area contributed by atoms with E-state index < -0.39 is 0 Å². The normalized spacial score (nSPS) is 10.9. The number of fused-ring (bicyclic) bond motifs is 1. The minimum absolute atomic E-state index is 0.127. The van der Waals surface area contributed by atoms with Crippen LogP contribution in [0.3, 0.4) is 0 Å². The highest BCUT2D eigenvalue weighted by atomic mass is 16.3. The second-order valence-electron chi connectivity index (χ2n) is 4.96. The summed E-state index contributed by atoms with van der Waals surface area (Å²) in [6.45, 7) is 5.73. The van der Waals surface area contributed by atoms with Gasteiger partial charge in [0.25, 0.3) is 0 Å². The van der Waals surface area contributed by atoms with Gasteiger partial charge in [0, 0.05) is 18.5 Å². The van der Waals surface area contributed by atoms with Crippen LogP contribution in [0.5, 0.6) is 5.75 Å². The largest absolute Gasteiger partial charge is 0.506 e. The molecule has 0 spiro atoms. The molecule has 2 N–H and O–H groups in total.